The van der Waals surface area contributed by atoms with Crippen LogP contribution >= 0.6 is 11.3 Å². The summed E-state index contributed by atoms with van der Waals surface area (Å²) in [5, 5.41) is 2.12. The third-order valence-corrected chi connectivity index (χ3v) is 8.92. The number of amides is 1. The predicted octanol–water partition coefficient (Wildman–Crippen LogP) is 5.83. The quantitative estimate of drug-likeness (QED) is 0.330. The van der Waals surface area contributed by atoms with E-state index >= 15 is 4.39 Å². The van der Waals surface area contributed by atoms with Crippen LogP contribution in [0.1, 0.15) is 70.9 Å². The number of fused-ring (bicyclic) bond motifs is 2. The maximum absolute atomic E-state index is 15.1. The van der Waals surface area contributed by atoms with Crippen molar-refractivity contribution in [1.82, 2.24) is 19.3 Å². The van der Waals surface area contributed by atoms with Gasteiger partial charge in [0.15, 0.2) is 0 Å². The minimum atomic E-state index is -0.499. The number of nitrogens with zero attached hydrogens (tertiary/aromatic N) is 5. The van der Waals surface area contributed by atoms with Crippen LogP contribution in [0, 0.1) is 5.95 Å². The first-order valence-corrected chi connectivity index (χ1v) is 13.8. The Labute approximate surface area is 213 Å². The van der Waals surface area contributed by atoms with Crippen LogP contribution in [0.2, 0.25) is 0 Å². The largest absolute Gasteiger partial charge is 0.357 e. The SMILES string of the molecule is C[C@@H]1c2ccsc2CCN1C(=O)c1cc(C2CC2)c2nc(-c3ccc(N4CCCC4)nc3F)cn2c1. The first-order chi connectivity index (χ1) is 17.6. The van der Waals surface area contributed by atoms with Crippen molar-refractivity contribution in [3.05, 3.63) is 69.6 Å². The van der Waals surface area contributed by atoms with Gasteiger partial charge in [-0.1, -0.05) is 0 Å². The van der Waals surface area contributed by atoms with Crippen LogP contribution in [0.3, 0.4) is 0 Å². The fraction of sp³-hybridized carbons (Fsp3) is 0.393. The third-order valence-electron chi connectivity index (χ3n) is 7.92. The molecule has 0 N–H and O–H groups in total. The molecule has 1 saturated heterocycles. The van der Waals surface area contributed by atoms with Crippen molar-refractivity contribution in [1.29, 1.82) is 0 Å². The van der Waals surface area contributed by atoms with Gasteiger partial charge in [0.25, 0.3) is 5.91 Å². The molecule has 1 atom stereocenters. The molecule has 4 aromatic heterocycles. The Hall–Kier alpha value is -3.26. The van der Waals surface area contributed by atoms with Gasteiger partial charge in [-0.05, 0) is 85.7 Å². The molecule has 6 heterocycles. The second-order valence-electron chi connectivity index (χ2n) is 10.2. The minimum absolute atomic E-state index is 0.0428. The molecular formula is C28H28FN5OS. The number of hydrogen-bond donors (Lipinski definition) is 0. The molecular weight excluding hydrogens is 473 g/mol. The number of halogens is 1. The van der Waals surface area contributed by atoms with Gasteiger partial charge in [0.1, 0.15) is 11.5 Å². The fourth-order valence-electron chi connectivity index (χ4n) is 5.76. The molecule has 1 amide bonds. The summed E-state index contributed by atoms with van der Waals surface area (Å²) in [5.41, 5.74) is 4.75. The molecule has 0 radical (unpaired) electrons. The highest BCUT2D eigenvalue weighted by molar-refractivity contribution is 7.10. The first-order valence-electron chi connectivity index (χ1n) is 12.9. The van der Waals surface area contributed by atoms with E-state index in [2.05, 4.69) is 28.3 Å². The lowest BCUT2D eigenvalue weighted by Crippen LogP contribution is -2.38. The normalized spacial score (nSPS) is 19.8. The highest BCUT2D eigenvalue weighted by Gasteiger charge is 2.32. The Morgan fingerprint density at radius 2 is 1.89 bits per heavy atom. The molecule has 0 unspecified atom stereocenters. The van der Waals surface area contributed by atoms with Gasteiger partial charge in [0.2, 0.25) is 5.95 Å². The van der Waals surface area contributed by atoms with Crippen molar-refractivity contribution in [3.8, 4) is 11.3 Å². The Morgan fingerprint density at radius 3 is 2.67 bits per heavy atom. The van der Waals surface area contributed by atoms with Crippen LogP contribution < -0.4 is 4.90 Å². The maximum Gasteiger partial charge on any atom is 0.255 e. The molecule has 3 aliphatic rings. The van der Waals surface area contributed by atoms with Crippen LogP contribution in [0.25, 0.3) is 16.9 Å². The number of carbonyl (C=O) groups is 1. The number of rotatable bonds is 4. The van der Waals surface area contributed by atoms with E-state index in [0.717, 1.165) is 62.9 Å². The smallest absolute Gasteiger partial charge is 0.255 e. The summed E-state index contributed by atoms with van der Waals surface area (Å²) < 4.78 is 17.0. The highest BCUT2D eigenvalue weighted by atomic mass is 32.1. The number of aromatic nitrogens is 3. The van der Waals surface area contributed by atoms with Gasteiger partial charge >= 0.3 is 0 Å². The van der Waals surface area contributed by atoms with Gasteiger partial charge < -0.3 is 14.2 Å². The van der Waals surface area contributed by atoms with Crippen LogP contribution in [-0.4, -0.2) is 44.8 Å². The molecule has 1 aliphatic carbocycles. The van der Waals surface area contributed by atoms with Crippen molar-refractivity contribution < 1.29 is 9.18 Å². The molecule has 7 rings (SSSR count). The first kappa shape index (κ1) is 22.0. The second kappa shape index (κ2) is 8.40. The number of pyridine rings is 2. The van der Waals surface area contributed by atoms with E-state index in [1.165, 1.54) is 10.4 Å². The van der Waals surface area contributed by atoms with Gasteiger partial charge in [-0.15, -0.1) is 11.3 Å². The van der Waals surface area contributed by atoms with Crippen LogP contribution in [0.4, 0.5) is 10.2 Å². The topological polar surface area (TPSA) is 53.7 Å². The summed E-state index contributed by atoms with van der Waals surface area (Å²) in [5.74, 6) is 0.633. The zero-order valence-electron chi connectivity index (χ0n) is 20.3. The molecule has 6 nitrogen and oxygen atoms in total. The molecule has 2 aliphatic heterocycles. The molecule has 0 spiro atoms. The molecule has 0 bridgehead atoms. The molecule has 4 aromatic rings. The Kier molecular flexibility index (Phi) is 5.13. The number of anilines is 1. The van der Waals surface area contributed by atoms with Gasteiger partial charge in [0, 0.05) is 36.9 Å². The monoisotopic (exact) mass is 501 g/mol. The number of hydrogen-bond acceptors (Lipinski definition) is 5. The average Bonchev–Trinajstić information content (AvgIpc) is 3.27. The van der Waals surface area contributed by atoms with Crippen molar-refractivity contribution >= 4 is 28.7 Å². The Morgan fingerprint density at radius 1 is 1.06 bits per heavy atom. The van der Waals surface area contributed by atoms with Gasteiger partial charge in [-0.3, -0.25) is 4.79 Å². The van der Waals surface area contributed by atoms with Crippen LogP contribution in [0.5, 0.6) is 0 Å². The molecule has 1 saturated carbocycles. The number of thiophene rings is 1. The fourth-order valence-corrected chi connectivity index (χ4v) is 6.72. The lowest BCUT2D eigenvalue weighted by molar-refractivity contribution is 0.0678. The van der Waals surface area contributed by atoms with Crippen LogP contribution in [-0.2, 0) is 6.42 Å². The van der Waals surface area contributed by atoms with E-state index in [9.17, 15) is 4.79 Å². The van der Waals surface area contributed by atoms with E-state index in [-0.39, 0.29) is 11.9 Å². The summed E-state index contributed by atoms with van der Waals surface area (Å²) >= 11 is 1.78. The van der Waals surface area contributed by atoms with E-state index in [1.807, 2.05) is 33.8 Å². The average molecular weight is 502 g/mol. The summed E-state index contributed by atoms with van der Waals surface area (Å²) in [6.45, 7) is 4.68. The Bertz CT molecular complexity index is 1480. The molecule has 2 fully saturated rings. The van der Waals surface area contributed by atoms with E-state index in [1.54, 1.807) is 17.4 Å². The summed E-state index contributed by atoms with van der Waals surface area (Å²) in [6.07, 6.45) is 9.02. The molecule has 36 heavy (non-hydrogen) atoms. The van der Waals surface area contributed by atoms with Crippen molar-refractivity contribution in [2.75, 3.05) is 24.5 Å². The summed E-state index contributed by atoms with van der Waals surface area (Å²) in [7, 11) is 0. The van der Waals surface area contributed by atoms with Gasteiger partial charge in [-0.2, -0.15) is 4.39 Å². The third kappa shape index (κ3) is 3.61. The standard InChI is InChI=1S/C28H28FN5OS/c1-17-20-9-13-36-24(20)8-12-34(17)28(35)19-14-22(18-4-5-18)27-30-23(16-33(27)15-19)21-6-7-25(31-26(21)29)32-10-2-3-11-32/h6-7,9,13-18H,2-5,8,10-12H2,1H3/t17-/m1/s1. The molecule has 0 aromatic carbocycles. The number of imidazole rings is 1. The summed E-state index contributed by atoms with van der Waals surface area (Å²) in [4.78, 5) is 28.3. The van der Waals surface area contributed by atoms with Gasteiger partial charge in [0.05, 0.1) is 22.9 Å². The van der Waals surface area contributed by atoms with E-state index < -0.39 is 5.95 Å². The zero-order valence-corrected chi connectivity index (χ0v) is 21.1. The van der Waals surface area contributed by atoms with Crippen molar-refractivity contribution in [3.63, 3.8) is 0 Å². The van der Waals surface area contributed by atoms with Crippen molar-refractivity contribution in [2.24, 2.45) is 0 Å². The molecule has 184 valence electrons. The minimum Gasteiger partial charge on any atom is -0.357 e. The second-order valence-corrected chi connectivity index (χ2v) is 11.2. The van der Waals surface area contributed by atoms with Crippen LogP contribution in [0.15, 0.2) is 42.0 Å². The van der Waals surface area contributed by atoms with E-state index in [0.29, 0.717) is 28.6 Å². The van der Waals surface area contributed by atoms with Crippen molar-refractivity contribution in [2.45, 2.75) is 51.0 Å². The lowest BCUT2D eigenvalue weighted by Gasteiger charge is -2.33. The Balaban J connectivity index is 1.25. The van der Waals surface area contributed by atoms with E-state index in [4.69, 9.17) is 4.98 Å². The predicted molar refractivity (Wildman–Crippen MR) is 139 cm³/mol. The highest BCUT2D eigenvalue weighted by Crippen LogP contribution is 2.43. The summed E-state index contributed by atoms with van der Waals surface area (Å²) in [6, 6.07) is 7.89. The molecule has 8 heteroatoms. The zero-order chi connectivity index (χ0) is 24.4. The lowest BCUT2D eigenvalue weighted by atomic mass is 10.00. The maximum atomic E-state index is 15.1. The van der Waals surface area contributed by atoms with Gasteiger partial charge in [-0.25, -0.2) is 9.97 Å². The number of carbonyl (C=O) groups excluding carboxylic acids is 1.